The van der Waals surface area contributed by atoms with Crippen LogP contribution >= 0.6 is 0 Å². The van der Waals surface area contributed by atoms with Gasteiger partial charge >= 0.3 is 0 Å². The minimum Gasteiger partial charge on any atom is -0.493 e. The Morgan fingerprint density at radius 3 is 2.68 bits per heavy atom. The molecule has 0 saturated carbocycles. The predicted molar refractivity (Wildman–Crippen MR) is 116 cm³/mol. The average Bonchev–Trinajstić information content (AvgIpc) is 2.69. The molecule has 6 heteroatoms. The minimum atomic E-state index is 0.597. The van der Waals surface area contributed by atoms with Gasteiger partial charge in [0.15, 0.2) is 17.5 Å². The molecule has 0 aromatic heterocycles. The number of rotatable bonds is 9. The summed E-state index contributed by atoms with van der Waals surface area (Å²) >= 11 is 0. The summed E-state index contributed by atoms with van der Waals surface area (Å²) in [6.45, 7) is 12.7. The highest BCUT2D eigenvalue weighted by atomic mass is 16.5. The van der Waals surface area contributed by atoms with E-state index in [0.717, 1.165) is 42.0 Å². The van der Waals surface area contributed by atoms with Crippen LogP contribution in [0.2, 0.25) is 0 Å². The Morgan fingerprint density at radius 1 is 1.21 bits per heavy atom. The third-order valence-corrected chi connectivity index (χ3v) is 5.00. The van der Waals surface area contributed by atoms with Crippen LogP contribution in [-0.4, -0.2) is 57.8 Å². The number of nitrogens with zero attached hydrogens (tertiary/aromatic N) is 2. The number of piperidine rings is 1. The maximum absolute atomic E-state index is 5.39. The first kappa shape index (κ1) is 22.3. The molecule has 2 rings (SSSR count). The molecule has 0 aliphatic carbocycles. The van der Waals surface area contributed by atoms with Gasteiger partial charge in [-0.1, -0.05) is 19.9 Å². The molecule has 1 aromatic rings. The van der Waals surface area contributed by atoms with E-state index >= 15 is 0 Å². The van der Waals surface area contributed by atoms with E-state index in [2.05, 4.69) is 36.3 Å². The number of likely N-dealkylation sites (tertiary alicyclic amines) is 1. The van der Waals surface area contributed by atoms with Gasteiger partial charge in [-0.25, -0.2) is 4.99 Å². The van der Waals surface area contributed by atoms with Gasteiger partial charge in [-0.15, -0.1) is 0 Å². The van der Waals surface area contributed by atoms with Crippen molar-refractivity contribution in [1.82, 2.24) is 15.5 Å². The minimum absolute atomic E-state index is 0.597. The number of aliphatic imine (C=N–C) groups is 1. The standard InChI is InChI=1S/C22H38N4O2/c1-6-23-22(24-13-18-9-10-20(27-4)21(12-18)28-5)25-14-19-8-7-11-26(16-19)15-17(2)3/h9-10,12,17,19H,6-8,11,13-16H2,1-5H3,(H2,23,24,25). The smallest absolute Gasteiger partial charge is 0.191 e. The van der Waals surface area contributed by atoms with Gasteiger partial charge in [0, 0.05) is 26.2 Å². The van der Waals surface area contributed by atoms with Gasteiger partial charge in [0.05, 0.1) is 20.8 Å². The van der Waals surface area contributed by atoms with Crippen molar-refractivity contribution in [2.75, 3.05) is 46.9 Å². The monoisotopic (exact) mass is 390 g/mol. The fourth-order valence-corrected chi connectivity index (χ4v) is 3.73. The molecule has 1 saturated heterocycles. The molecule has 158 valence electrons. The lowest BCUT2D eigenvalue weighted by Crippen LogP contribution is -2.45. The van der Waals surface area contributed by atoms with E-state index in [4.69, 9.17) is 14.5 Å². The van der Waals surface area contributed by atoms with Gasteiger partial charge in [-0.2, -0.15) is 0 Å². The second-order valence-corrected chi connectivity index (χ2v) is 7.93. The second-order valence-electron chi connectivity index (χ2n) is 7.93. The zero-order chi connectivity index (χ0) is 20.4. The summed E-state index contributed by atoms with van der Waals surface area (Å²) in [6, 6.07) is 5.94. The molecule has 2 N–H and O–H groups in total. The van der Waals surface area contributed by atoms with Crippen LogP contribution in [0.4, 0.5) is 0 Å². The van der Waals surface area contributed by atoms with E-state index in [-0.39, 0.29) is 0 Å². The van der Waals surface area contributed by atoms with Crippen molar-refractivity contribution >= 4 is 5.96 Å². The SMILES string of the molecule is CCNC(=NCc1ccc(OC)c(OC)c1)NCC1CCCN(CC(C)C)C1. The van der Waals surface area contributed by atoms with Crippen molar-refractivity contribution in [1.29, 1.82) is 0 Å². The topological polar surface area (TPSA) is 58.1 Å². The van der Waals surface area contributed by atoms with E-state index in [1.165, 1.54) is 32.5 Å². The highest BCUT2D eigenvalue weighted by Crippen LogP contribution is 2.27. The molecule has 28 heavy (non-hydrogen) atoms. The molecule has 1 aromatic carbocycles. The molecule has 1 aliphatic rings. The molecule has 0 bridgehead atoms. The van der Waals surface area contributed by atoms with Crippen LogP contribution in [0.15, 0.2) is 23.2 Å². The summed E-state index contributed by atoms with van der Waals surface area (Å²) in [7, 11) is 3.31. The highest BCUT2D eigenvalue weighted by molar-refractivity contribution is 5.79. The first-order valence-electron chi connectivity index (χ1n) is 10.5. The Labute approximate surface area is 170 Å². The lowest BCUT2D eigenvalue weighted by molar-refractivity contribution is 0.159. The summed E-state index contributed by atoms with van der Waals surface area (Å²) in [5.74, 6) is 3.76. The van der Waals surface area contributed by atoms with Gasteiger partial charge in [0.25, 0.3) is 0 Å². The third kappa shape index (κ3) is 7.23. The van der Waals surface area contributed by atoms with Gasteiger partial charge in [-0.3, -0.25) is 0 Å². The summed E-state index contributed by atoms with van der Waals surface area (Å²) < 4.78 is 10.7. The summed E-state index contributed by atoms with van der Waals surface area (Å²) in [5.41, 5.74) is 1.09. The van der Waals surface area contributed by atoms with E-state index in [0.29, 0.717) is 12.5 Å². The number of benzene rings is 1. The zero-order valence-electron chi connectivity index (χ0n) is 18.3. The molecule has 6 nitrogen and oxygen atoms in total. The quantitative estimate of drug-likeness (QED) is 0.501. The number of hydrogen-bond acceptors (Lipinski definition) is 4. The number of methoxy groups -OCH3 is 2. The fraction of sp³-hybridized carbons (Fsp3) is 0.682. The summed E-state index contributed by atoms with van der Waals surface area (Å²) in [4.78, 5) is 7.36. The van der Waals surface area contributed by atoms with Crippen molar-refractivity contribution in [3.05, 3.63) is 23.8 Å². The van der Waals surface area contributed by atoms with Crippen molar-refractivity contribution in [3.63, 3.8) is 0 Å². The molecule has 1 aliphatic heterocycles. The zero-order valence-corrected chi connectivity index (χ0v) is 18.3. The van der Waals surface area contributed by atoms with Crippen molar-refractivity contribution in [2.45, 2.75) is 40.2 Å². The Hall–Kier alpha value is -1.95. The third-order valence-electron chi connectivity index (χ3n) is 5.00. The molecule has 1 fully saturated rings. The summed E-state index contributed by atoms with van der Waals surface area (Å²) in [6.07, 6.45) is 2.58. The van der Waals surface area contributed by atoms with Crippen LogP contribution in [0.1, 0.15) is 39.2 Å². The normalized spacial score (nSPS) is 18.2. The fourth-order valence-electron chi connectivity index (χ4n) is 3.73. The van der Waals surface area contributed by atoms with Crippen LogP contribution in [0, 0.1) is 11.8 Å². The molecule has 1 heterocycles. The Morgan fingerprint density at radius 2 is 2.00 bits per heavy atom. The van der Waals surface area contributed by atoms with Crippen LogP contribution < -0.4 is 20.1 Å². The van der Waals surface area contributed by atoms with Gasteiger partial charge in [-0.05, 0) is 55.8 Å². The van der Waals surface area contributed by atoms with Crippen molar-refractivity contribution < 1.29 is 9.47 Å². The molecular weight excluding hydrogens is 352 g/mol. The highest BCUT2D eigenvalue weighted by Gasteiger charge is 2.20. The van der Waals surface area contributed by atoms with Crippen molar-refractivity contribution in [2.24, 2.45) is 16.8 Å². The lowest BCUT2D eigenvalue weighted by Gasteiger charge is -2.34. The lowest BCUT2D eigenvalue weighted by atomic mass is 9.97. The van der Waals surface area contributed by atoms with E-state index in [1.54, 1.807) is 14.2 Å². The van der Waals surface area contributed by atoms with Crippen LogP contribution in [-0.2, 0) is 6.54 Å². The molecule has 1 atom stereocenters. The first-order chi connectivity index (χ1) is 13.5. The Bertz CT molecular complexity index is 619. The maximum Gasteiger partial charge on any atom is 0.191 e. The van der Waals surface area contributed by atoms with E-state index < -0.39 is 0 Å². The van der Waals surface area contributed by atoms with Crippen LogP contribution in [0.25, 0.3) is 0 Å². The van der Waals surface area contributed by atoms with Gasteiger partial charge < -0.3 is 25.0 Å². The molecular formula is C22H38N4O2. The molecule has 0 amide bonds. The maximum atomic E-state index is 5.39. The molecule has 0 radical (unpaired) electrons. The van der Waals surface area contributed by atoms with E-state index in [9.17, 15) is 0 Å². The van der Waals surface area contributed by atoms with E-state index in [1.807, 2.05) is 18.2 Å². The number of nitrogens with one attached hydrogen (secondary N) is 2. The molecule has 1 unspecified atom stereocenters. The second kappa shape index (κ2) is 11.8. The number of ether oxygens (including phenoxy) is 2. The van der Waals surface area contributed by atoms with Gasteiger partial charge in [0.1, 0.15) is 0 Å². The predicted octanol–water partition coefficient (Wildman–Crippen LogP) is 3.13. The molecule has 0 spiro atoms. The average molecular weight is 391 g/mol. The Kier molecular flexibility index (Phi) is 9.41. The first-order valence-corrected chi connectivity index (χ1v) is 10.5. The number of guanidine groups is 1. The van der Waals surface area contributed by atoms with Gasteiger partial charge in [0.2, 0.25) is 0 Å². The van der Waals surface area contributed by atoms with Crippen LogP contribution in [0.3, 0.4) is 0 Å². The number of hydrogen-bond donors (Lipinski definition) is 2. The summed E-state index contributed by atoms with van der Waals surface area (Å²) in [5, 5.41) is 6.90. The van der Waals surface area contributed by atoms with Crippen LogP contribution in [0.5, 0.6) is 11.5 Å². The van der Waals surface area contributed by atoms with Crippen molar-refractivity contribution in [3.8, 4) is 11.5 Å². The Balaban J connectivity index is 1.91. The largest absolute Gasteiger partial charge is 0.493 e.